The summed E-state index contributed by atoms with van der Waals surface area (Å²) < 4.78 is 1.85. The van der Waals surface area contributed by atoms with Gasteiger partial charge in [0.25, 0.3) is 0 Å². The highest BCUT2D eigenvalue weighted by molar-refractivity contribution is 5.94. The minimum absolute atomic E-state index is 0.0464. The van der Waals surface area contributed by atoms with Crippen molar-refractivity contribution in [2.45, 2.75) is 32.7 Å². The lowest BCUT2D eigenvalue weighted by molar-refractivity contribution is -0.131. The quantitative estimate of drug-likeness (QED) is 0.917. The van der Waals surface area contributed by atoms with Crippen LogP contribution in [0.3, 0.4) is 0 Å². The van der Waals surface area contributed by atoms with E-state index < -0.39 is 0 Å². The Kier molecular flexibility index (Phi) is 4.64. The summed E-state index contributed by atoms with van der Waals surface area (Å²) in [5, 5.41) is 7.32. The van der Waals surface area contributed by atoms with Crippen LogP contribution in [0.5, 0.6) is 0 Å². The van der Waals surface area contributed by atoms with Gasteiger partial charge in [-0.25, -0.2) is 0 Å². The molecule has 2 heterocycles. The molecule has 1 atom stereocenters. The molecule has 6 heteroatoms. The lowest BCUT2D eigenvalue weighted by Gasteiger charge is -2.14. The number of hydrogen-bond donors (Lipinski definition) is 1. The molecule has 1 fully saturated rings. The van der Waals surface area contributed by atoms with E-state index in [1.807, 2.05) is 36.0 Å². The maximum absolute atomic E-state index is 12.2. The number of likely N-dealkylation sites (tertiary alicyclic amines) is 1. The van der Waals surface area contributed by atoms with Crippen LogP contribution in [-0.2, 0) is 9.59 Å². The van der Waals surface area contributed by atoms with Crippen LogP contribution < -0.4 is 5.32 Å². The Morgan fingerprint density at radius 1 is 1.33 bits per heavy atom. The van der Waals surface area contributed by atoms with E-state index in [-0.39, 0.29) is 24.4 Å². The first-order valence-electron chi connectivity index (χ1n) is 8.23. The zero-order valence-corrected chi connectivity index (χ0v) is 14.0. The second-order valence-electron chi connectivity index (χ2n) is 6.19. The fraction of sp³-hybridized carbons (Fsp3) is 0.389. The zero-order valence-electron chi connectivity index (χ0n) is 14.0. The van der Waals surface area contributed by atoms with Gasteiger partial charge in [-0.05, 0) is 25.8 Å². The molecule has 0 aliphatic carbocycles. The van der Waals surface area contributed by atoms with Gasteiger partial charge in [0.05, 0.1) is 12.6 Å². The monoisotopic (exact) mass is 326 g/mol. The number of carbonyl (C=O) groups is 2. The molecule has 0 saturated carbocycles. The predicted octanol–water partition coefficient (Wildman–Crippen LogP) is 2.36. The lowest BCUT2D eigenvalue weighted by atomic mass is 10.1. The minimum Gasteiger partial charge on any atom is -0.333 e. The van der Waals surface area contributed by atoms with Crippen LogP contribution in [0.2, 0.25) is 0 Å². The number of aryl methyl sites for hydroxylation is 1. The van der Waals surface area contributed by atoms with Gasteiger partial charge in [-0.3, -0.25) is 14.3 Å². The van der Waals surface area contributed by atoms with Crippen molar-refractivity contribution >= 4 is 17.6 Å². The summed E-state index contributed by atoms with van der Waals surface area (Å²) in [5.74, 6) is 0.394. The Bertz CT molecular complexity index is 739. The third-order valence-corrected chi connectivity index (χ3v) is 4.36. The molecule has 1 saturated heterocycles. The number of amides is 2. The van der Waals surface area contributed by atoms with Gasteiger partial charge >= 0.3 is 0 Å². The van der Waals surface area contributed by atoms with Crippen molar-refractivity contribution in [2.75, 3.05) is 18.4 Å². The first-order chi connectivity index (χ1) is 11.5. The summed E-state index contributed by atoms with van der Waals surface area (Å²) >= 11 is 0. The first kappa shape index (κ1) is 16.2. The zero-order chi connectivity index (χ0) is 17.1. The SMILES string of the molecule is Cc1cn([C@H](C)c2ccccc2)nc1NC(=O)CN1CCCC1=O. The van der Waals surface area contributed by atoms with E-state index >= 15 is 0 Å². The summed E-state index contributed by atoms with van der Waals surface area (Å²) in [7, 11) is 0. The third kappa shape index (κ3) is 3.48. The second-order valence-corrected chi connectivity index (χ2v) is 6.19. The molecule has 0 bridgehead atoms. The number of rotatable bonds is 5. The third-order valence-electron chi connectivity index (χ3n) is 4.36. The first-order valence-corrected chi connectivity index (χ1v) is 8.23. The molecule has 0 spiro atoms. The standard InChI is InChI=1S/C18H22N4O2/c1-13-11-22(14(2)15-7-4-3-5-8-15)20-18(13)19-16(23)12-21-10-6-9-17(21)24/h3-5,7-8,11,14H,6,9-10,12H2,1-2H3,(H,19,20,23)/t14-/m1/s1. The van der Waals surface area contributed by atoms with Crippen molar-refractivity contribution in [1.82, 2.24) is 14.7 Å². The molecule has 2 amide bonds. The Morgan fingerprint density at radius 2 is 2.08 bits per heavy atom. The van der Waals surface area contributed by atoms with E-state index in [4.69, 9.17) is 0 Å². The number of nitrogens with one attached hydrogen (secondary N) is 1. The molecule has 1 aliphatic rings. The molecule has 0 unspecified atom stereocenters. The van der Waals surface area contributed by atoms with Crippen molar-refractivity contribution in [1.29, 1.82) is 0 Å². The van der Waals surface area contributed by atoms with Gasteiger partial charge in [-0.2, -0.15) is 5.10 Å². The number of carbonyl (C=O) groups excluding carboxylic acids is 2. The molecule has 1 aliphatic heterocycles. The second kappa shape index (κ2) is 6.86. The molecule has 1 aromatic carbocycles. The molecule has 1 aromatic heterocycles. The molecular formula is C18H22N4O2. The Morgan fingerprint density at radius 3 is 2.75 bits per heavy atom. The average molecular weight is 326 g/mol. The average Bonchev–Trinajstić information content (AvgIpc) is 3.14. The van der Waals surface area contributed by atoms with E-state index in [1.165, 1.54) is 0 Å². The number of anilines is 1. The highest BCUT2D eigenvalue weighted by Gasteiger charge is 2.23. The molecule has 6 nitrogen and oxygen atoms in total. The van der Waals surface area contributed by atoms with Gasteiger partial charge in [-0.1, -0.05) is 30.3 Å². The molecule has 0 radical (unpaired) electrons. The fourth-order valence-corrected chi connectivity index (χ4v) is 2.91. The van der Waals surface area contributed by atoms with E-state index in [9.17, 15) is 9.59 Å². The van der Waals surface area contributed by atoms with E-state index in [2.05, 4.69) is 29.5 Å². The highest BCUT2D eigenvalue weighted by Crippen LogP contribution is 2.21. The van der Waals surface area contributed by atoms with Crippen LogP contribution >= 0.6 is 0 Å². The van der Waals surface area contributed by atoms with Gasteiger partial charge in [0.2, 0.25) is 11.8 Å². The van der Waals surface area contributed by atoms with Gasteiger partial charge in [-0.15, -0.1) is 0 Å². The van der Waals surface area contributed by atoms with Gasteiger partial charge in [0.15, 0.2) is 5.82 Å². The molecular weight excluding hydrogens is 304 g/mol. The van der Waals surface area contributed by atoms with Gasteiger partial charge in [0.1, 0.15) is 0 Å². The van der Waals surface area contributed by atoms with E-state index in [0.29, 0.717) is 18.8 Å². The summed E-state index contributed by atoms with van der Waals surface area (Å²) in [4.78, 5) is 25.4. The molecule has 3 rings (SSSR count). The molecule has 1 N–H and O–H groups in total. The van der Waals surface area contributed by atoms with Crippen molar-refractivity contribution in [3.05, 3.63) is 47.7 Å². The Hall–Kier alpha value is -2.63. The fourth-order valence-electron chi connectivity index (χ4n) is 2.91. The number of hydrogen-bond acceptors (Lipinski definition) is 3. The van der Waals surface area contributed by atoms with Crippen LogP contribution in [0.25, 0.3) is 0 Å². The maximum atomic E-state index is 12.2. The van der Waals surface area contributed by atoms with Gasteiger partial charge in [0, 0.05) is 24.7 Å². The summed E-state index contributed by atoms with van der Waals surface area (Å²) in [5.41, 5.74) is 2.06. The maximum Gasteiger partial charge on any atom is 0.245 e. The molecule has 2 aromatic rings. The highest BCUT2D eigenvalue weighted by atomic mass is 16.2. The Balaban J connectivity index is 1.67. The van der Waals surface area contributed by atoms with Crippen LogP contribution in [0.15, 0.2) is 36.5 Å². The van der Waals surface area contributed by atoms with Crippen molar-refractivity contribution in [3.63, 3.8) is 0 Å². The number of benzene rings is 1. The van der Waals surface area contributed by atoms with Crippen LogP contribution in [0.4, 0.5) is 5.82 Å². The summed E-state index contributed by atoms with van der Waals surface area (Å²) in [6.45, 7) is 4.73. The van der Waals surface area contributed by atoms with Crippen LogP contribution in [0.1, 0.15) is 36.9 Å². The van der Waals surface area contributed by atoms with E-state index in [0.717, 1.165) is 17.5 Å². The normalized spacial score (nSPS) is 15.6. The van der Waals surface area contributed by atoms with Crippen molar-refractivity contribution in [2.24, 2.45) is 0 Å². The largest absolute Gasteiger partial charge is 0.333 e. The lowest BCUT2D eigenvalue weighted by Crippen LogP contribution is -2.34. The van der Waals surface area contributed by atoms with Crippen LogP contribution in [-0.4, -0.2) is 39.6 Å². The Labute approximate surface area is 141 Å². The number of aromatic nitrogens is 2. The predicted molar refractivity (Wildman–Crippen MR) is 91.7 cm³/mol. The summed E-state index contributed by atoms with van der Waals surface area (Å²) in [6.07, 6.45) is 3.29. The van der Waals surface area contributed by atoms with Crippen molar-refractivity contribution < 1.29 is 9.59 Å². The van der Waals surface area contributed by atoms with Crippen molar-refractivity contribution in [3.8, 4) is 0 Å². The topological polar surface area (TPSA) is 67.2 Å². The molecule has 24 heavy (non-hydrogen) atoms. The number of nitrogens with zero attached hydrogens (tertiary/aromatic N) is 3. The van der Waals surface area contributed by atoms with Crippen LogP contribution in [0, 0.1) is 6.92 Å². The van der Waals surface area contributed by atoms with Gasteiger partial charge < -0.3 is 10.2 Å². The minimum atomic E-state index is -0.203. The van der Waals surface area contributed by atoms with E-state index in [1.54, 1.807) is 4.90 Å². The smallest absolute Gasteiger partial charge is 0.245 e. The summed E-state index contributed by atoms with van der Waals surface area (Å²) in [6, 6.07) is 10.2. The molecule has 126 valence electrons.